The Labute approximate surface area is 155 Å². The summed E-state index contributed by atoms with van der Waals surface area (Å²) in [5.41, 5.74) is 3.62. The van der Waals surface area contributed by atoms with Gasteiger partial charge in [0, 0.05) is 17.3 Å². The number of hydrazone groups is 1. The van der Waals surface area contributed by atoms with Crippen molar-refractivity contribution in [2.75, 3.05) is 6.54 Å². The summed E-state index contributed by atoms with van der Waals surface area (Å²) in [5.74, 6) is -0.361. The SMILES string of the molecule is O=C1CN(/N=C\c2cn(Cc3ccccc3)nc2-c2ccccc2)C(=O)N1. The molecule has 0 unspecified atom stereocenters. The van der Waals surface area contributed by atoms with Gasteiger partial charge in [-0.15, -0.1) is 0 Å². The molecule has 7 heteroatoms. The molecule has 1 saturated heterocycles. The quantitative estimate of drug-likeness (QED) is 0.561. The smallest absolute Gasteiger partial charge is 0.275 e. The molecule has 7 nitrogen and oxygen atoms in total. The Morgan fingerprint density at radius 2 is 1.74 bits per heavy atom. The van der Waals surface area contributed by atoms with Crippen LogP contribution in [0.5, 0.6) is 0 Å². The fourth-order valence-corrected chi connectivity index (χ4v) is 2.86. The number of nitrogens with one attached hydrogen (secondary N) is 1. The second kappa shape index (κ2) is 7.25. The van der Waals surface area contributed by atoms with E-state index in [-0.39, 0.29) is 12.5 Å². The highest BCUT2D eigenvalue weighted by Crippen LogP contribution is 2.21. The lowest BCUT2D eigenvalue weighted by molar-refractivity contribution is -0.118. The number of imide groups is 1. The number of amides is 3. The van der Waals surface area contributed by atoms with Crippen LogP contribution in [0.15, 0.2) is 72.0 Å². The van der Waals surface area contributed by atoms with Gasteiger partial charge in [-0.2, -0.15) is 10.2 Å². The minimum atomic E-state index is -0.519. The van der Waals surface area contributed by atoms with Gasteiger partial charge in [-0.1, -0.05) is 60.7 Å². The van der Waals surface area contributed by atoms with E-state index in [1.165, 1.54) is 0 Å². The predicted octanol–water partition coefficient (Wildman–Crippen LogP) is 2.48. The van der Waals surface area contributed by atoms with Gasteiger partial charge < -0.3 is 0 Å². The first-order valence-electron chi connectivity index (χ1n) is 8.51. The number of hydrogen-bond donors (Lipinski definition) is 1. The second-order valence-corrected chi connectivity index (χ2v) is 6.14. The van der Waals surface area contributed by atoms with E-state index in [9.17, 15) is 9.59 Å². The molecule has 134 valence electrons. The predicted molar refractivity (Wildman–Crippen MR) is 101 cm³/mol. The zero-order chi connectivity index (χ0) is 18.6. The molecule has 1 N–H and O–H groups in total. The maximum atomic E-state index is 11.7. The summed E-state index contributed by atoms with van der Waals surface area (Å²) < 4.78 is 1.84. The van der Waals surface area contributed by atoms with E-state index in [2.05, 4.69) is 10.4 Å². The van der Waals surface area contributed by atoms with E-state index in [4.69, 9.17) is 5.10 Å². The van der Waals surface area contributed by atoms with E-state index in [1.54, 1.807) is 6.21 Å². The van der Waals surface area contributed by atoms with Crippen molar-refractivity contribution in [2.45, 2.75) is 6.54 Å². The molecule has 0 atom stereocenters. The van der Waals surface area contributed by atoms with Crippen LogP contribution in [-0.2, 0) is 11.3 Å². The van der Waals surface area contributed by atoms with Gasteiger partial charge >= 0.3 is 6.03 Å². The maximum Gasteiger partial charge on any atom is 0.344 e. The van der Waals surface area contributed by atoms with Crippen molar-refractivity contribution in [3.05, 3.63) is 78.0 Å². The van der Waals surface area contributed by atoms with E-state index in [0.717, 1.165) is 27.4 Å². The van der Waals surface area contributed by atoms with Crippen molar-refractivity contribution >= 4 is 18.2 Å². The first-order valence-corrected chi connectivity index (χ1v) is 8.51. The zero-order valence-corrected chi connectivity index (χ0v) is 14.4. The average molecular weight is 359 g/mol. The molecule has 1 fully saturated rings. The molecule has 4 rings (SSSR count). The van der Waals surface area contributed by atoms with Crippen LogP contribution in [-0.4, -0.2) is 39.5 Å². The van der Waals surface area contributed by atoms with Crippen LogP contribution >= 0.6 is 0 Å². The van der Waals surface area contributed by atoms with Gasteiger partial charge in [-0.3, -0.25) is 14.8 Å². The van der Waals surface area contributed by atoms with Crippen molar-refractivity contribution in [1.82, 2.24) is 20.1 Å². The number of aromatic nitrogens is 2. The van der Waals surface area contributed by atoms with E-state index in [0.29, 0.717) is 6.54 Å². The number of carbonyl (C=O) groups is 2. The lowest BCUT2D eigenvalue weighted by Crippen LogP contribution is -2.24. The number of hydrogen-bond acceptors (Lipinski definition) is 4. The Bertz CT molecular complexity index is 996. The third kappa shape index (κ3) is 3.77. The molecule has 2 heterocycles. The minimum Gasteiger partial charge on any atom is -0.275 e. The molecular weight excluding hydrogens is 342 g/mol. The highest BCUT2D eigenvalue weighted by atomic mass is 16.2. The van der Waals surface area contributed by atoms with Gasteiger partial charge in [-0.25, -0.2) is 9.80 Å². The lowest BCUT2D eigenvalue weighted by atomic mass is 10.1. The number of urea groups is 1. The van der Waals surface area contributed by atoms with Crippen molar-refractivity contribution in [3.8, 4) is 11.3 Å². The van der Waals surface area contributed by atoms with Crippen molar-refractivity contribution in [3.63, 3.8) is 0 Å². The van der Waals surface area contributed by atoms with Crippen LogP contribution in [0.4, 0.5) is 4.79 Å². The first kappa shape index (κ1) is 16.7. The van der Waals surface area contributed by atoms with Crippen molar-refractivity contribution in [1.29, 1.82) is 0 Å². The number of carbonyl (C=O) groups excluding carboxylic acids is 2. The molecule has 2 aromatic carbocycles. The molecule has 0 saturated carbocycles. The first-order chi connectivity index (χ1) is 13.2. The van der Waals surface area contributed by atoms with Crippen LogP contribution in [0.3, 0.4) is 0 Å². The maximum absolute atomic E-state index is 11.7. The Balaban J connectivity index is 1.66. The summed E-state index contributed by atoms with van der Waals surface area (Å²) in [5, 5.41) is 12.2. The van der Waals surface area contributed by atoms with Crippen molar-refractivity contribution < 1.29 is 9.59 Å². The number of benzene rings is 2. The zero-order valence-electron chi connectivity index (χ0n) is 14.4. The molecule has 3 aromatic rings. The van der Waals surface area contributed by atoms with E-state index >= 15 is 0 Å². The summed E-state index contributed by atoms with van der Waals surface area (Å²) in [6.07, 6.45) is 3.45. The second-order valence-electron chi connectivity index (χ2n) is 6.14. The summed E-state index contributed by atoms with van der Waals surface area (Å²) >= 11 is 0. The Hall–Kier alpha value is -3.74. The topological polar surface area (TPSA) is 79.6 Å². The number of rotatable bonds is 5. The van der Waals surface area contributed by atoms with E-state index in [1.807, 2.05) is 71.5 Å². The third-order valence-electron chi connectivity index (χ3n) is 4.13. The highest BCUT2D eigenvalue weighted by Gasteiger charge is 2.26. The molecule has 27 heavy (non-hydrogen) atoms. The molecule has 3 amide bonds. The van der Waals surface area contributed by atoms with Gasteiger partial charge in [0.05, 0.1) is 12.8 Å². The Kier molecular flexibility index (Phi) is 4.49. The molecule has 0 radical (unpaired) electrons. The Morgan fingerprint density at radius 3 is 2.41 bits per heavy atom. The lowest BCUT2D eigenvalue weighted by Gasteiger charge is -2.04. The van der Waals surface area contributed by atoms with Gasteiger partial charge in [0.15, 0.2) is 0 Å². The normalized spacial score (nSPS) is 14.1. The Morgan fingerprint density at radius 1 is 1.04 bits per heavy atom. The summed E-state index contributed by atoms with van der Waals surface area (Å²) in [6.45, 7) is 0.547. The molecule has 1 aliphatic rings. The molecule has 1 aromatic heterocycles. The van der Waals surface area contributed by atoms with Gasteiger partial charge in [-0.05, 0) is 5.56 Å². The van der Waals surface area contributed by atoms with Gasteiger partial charge in [0.2, 0.25) is 5.91 Å². The highest BCUT2D eigenvalue weighted by molar-refractivity contribution is 6.02. The van der Waals surface area contributed by atoms with Gasteiger partial charge in [0.25, 0.3) is 0 Å². The van der Waals surface area contributed by atoms with Crippen LogP contribution in [0, 0.1) is 0 Å². The van der Waals surface area contributed by atoms with Crippen LogP contribution in [0.25, 0.3) is 11.3 Å². The van der Waals surface area contributed by atoms with Crippen LogP contribution in [0.1, 0.15) is 11.1 Å². The van der Waals surface area contributed by atoms with Crippen molar-refractivity contribution in [2.24, 2.45) is 5.10 Å². The minimum absolute atomic E-state index is 0.0752. The molecule has 1 aliphatic heterocycles. The number of nitrogens with zero attached hydrogens (tertiary/aromatic N) is 4. The molecule has 0 aliphatic carbocycles. The summed E-state index contributed by atoms with van der Waals surface area (Å²) in [7, 11) is 0. The summed E-state index contributed by atoms with van der Waals surface area (Å²) in [4.78, 5) is 23.0. The fraction of sp³-hybridized carbons (Fsp3) is 0.100. The van der Waals surface area contributed by atoms with Gasteiger partial charge in [0.1, 0.15) is 12.2 Å². The fourth-order valence-electron chi connectivity index (χ4n) is 2.86. The van der Waals surface area contributed by atoms with E-state index < -0.39 is 6.03 Å². The average Bonchev–Trinajstić information content (AvgIpc) is 3.23. The molecule has 0 bridgehead atoms. The largest absolute Gasteiger partial charge is 0.344 e. The van der Waals surface area contributed by atoms with Crippen LogP contribution < -0.4 is 5.32 Å². The molecular formula is C20H17N5O2. The molecule has 0 spiro atoms. The van der Waals surface area contributed by atoms with Crippen LogP contribution in [0.2, 0.25) is 0 Å². The standard InChI is InChI=1S/C20H17N5O2/c26-18-14-25(20(27)22-18)21-11-17-13-24(12-15-7-3-1-4-8-15)23-19(17)16-9-5-2-6-10-16/h1-11,13H,12,14H2,(H,22,26,27)/b21-11-. The third-order valence-corrected chi connectivity index (χ3v) is 4.13. The summed E-state index contributed by atoms with van der Waals surface area (Å²) in [6, 6.07) is 19.3. The monoisotopic (exact) mass is 359 g/mol.